The van der Waals surface area contributed by atoms with Gasteiger partial charge in [-0.05, 0) is 48.6 Å². The third-order valence-corrected chi connectivity index (χ3v) is 5.65. The second kappa shape index (κ2) is 10.5. The van der Waals surface area contributed by atoms with Crippen molar-refractivity contribution >= 4 is 0 Å². The molecule has 0 heterocycles. The van der Waals surface area contributed by atoms with Gasteiger partial charge in [-0.25, -0.2) is 0 Å². The predicted molar refractivity (Wildman–Crippen MR) is 124 cm³/mol. The Morgan fingerprint density at radius 1 is 0.875 bits per heavy atom. The Morgan fingerprint density at radius 3 is 2.06 bits per heavy atom. The minimum Gasteiger partial charge on any atom is -0.390 e. The van der Waals surface area contributed by atoms with Crippen molar-refractivity contribution in [2.24, 2.45) is 0 Å². The first-order valence-corrected chi connectivity index (χ1v) is 10.7. The van der Waals surface area contributed by atoms with Gasteiger partial charge in [0.2, 0.25) is 0 Å². The first kappa shape index (κ1) is 23.6. The molecule has 0 aliphatic heterocycles. The van der Waals surface area contributed by atoms with Gasteiger partial charge in [-0.1, -0.05) is 78.9 Å². The van der Waals surface area contributed by atoms with Crippen molar-refractivity contribution in [2.75, 3.05) is 7.05 Å². The molecule has 0 bridgehead atoms. The zero-order valence-corrected chi connectivity index (χ0v) is 18.4. The van der Waals surface area contributed by atoms with E-state index in [1.165, 1.54) is 5.56 Å². The van der Waals surface area contributed by atoms with Crippen molar-refractivity contribution in [2.45, 2.75) is 38.0 Å². The standard InChI is InChI=1S/C27H29F3N2/c1-19-9-14-22(15-10-19)25(18-13-21-11-16-24(17-12-21)27(28,29)30)32-26(20(2)31-3)23-7-5-4-6-8-23/h4-12,14-17,25-26,31-32H,2,13,18H2,1,3H3/t25-,26+/m0/s1. The topological polar surface area (TPSA) is 24.1 Å². The van der Waals surface area contributed by atoms with E-state index < -0.39 is 11.7 Å². The van der Waals surface area contributed by atoms with Gasteiger partial charge in [0.05, 0.1) is 11.6 Å². The maximum Gasteiger partial charge on any atom is 0.416 e. The maximum absolute atomic E-state index is 12.9. The summed E-state index contributed by atoms with van der Waals surface area (Å²) in [6.45, 7) is 6.23. The molecule has 0 aliphatic carbocycles. The molecule has 0 spiro atoms. The van der Waals surface area contributed by atoms with E-state index in [1.54, 1.807) is 12.1 Å². The third-order valence-electron chi connectivity index (χ3n) is 5.65. The molecule has 32 heavy (non-hydrogen) atoms. The minimum absolute atomic E-state index is 0.00630. The summed E-state index contributed by atoms with van der Waals surface area (Å²) in [5, 5.41) is 6.88. The van der Waals surface area contributed by atoms with Crippen LogP contribution in [-0.4, -0.2) is 7.05 Å². The molecule has 2 nitrogen and oxygen atoms in total. The summed E-state index contributed by atoms with van der Waals surface area (Å²) in [6.07, 6.45) is -2.94. The van der Waals surface area contributed by atoms with Crippen LogP contribution in [0.4, 0.5) is 13.2 Å². The van der Waals surface area contributed by atoms with Crippen LogP contribution in [0.5, 0.6) is 0 Å². The molecular weight excluding hydrogens is 409 g/mol. The average Bonchev–Trinajstić information content (AvgIpc) is 2.80. The van der Waals surface area contributed by atoms with Crippen LogP contribution in [0.25, 0.3) is 0 Å². The second-order valence-electron chi connectivity index (χ2n) is 7.98. The van der Waals surface area contributed by atoms with Gasteiger partial charge >= 0.3 is 6.18 Å². The first-order valence-electron chi connectivity index (χ1n) is 10.7. The molecule has 3 rings (SSSR count). The molecule has 0 unspecified atom stereocenters. The van der Waals surface area contributed by atoms with Gasteiger partial charge in [0.25, 0.3) is 0 Å². The van der Waals surface area contributed by atoms with Gasteiger partial charge in [-0.15, -0.1) is 0 Å². The second-order valence-corrected chi connectivity index (χ2v) is 7.98. The average molecular weight is 439 g/mol. The summed E-state index contributed by atoms with van der Waals surface area (Å²) in [5.74, 6) is 0. The van der Waals surface area contributed by atoms with Gasteiger partial charge in [0.1, 0.15) is 0 Å². The van der Waals surface area contributed by atoms with E-state index in [2.05, 4.69) is 53.6 Å². The summed E-state index contributed by atoms with van der Waals surface area (Å²) in [7, 11) is 1.85. The number of benzene rings is 3. The Morgan fingerprint density at radius 2 is 1.50 bits per heavy atom. The van der Waals surface area contributed by atoms with Crippen molar-refractivity contribution in [3.63, 3.8) is 0 Å². The highest BCUT2D eigenvalue weighted by Gasteiger charge is 2.30. The zero-order chi connectivity index (χ0) is 23.1. The highest BCUT2D eigenvalue weighted by Crippen LogP contribution is 2.30. The molecular formula is C27H29F3N2. The fourth-order valence-electron chi connectivity index (χ4n) is 3.71. The molecule has 0 saturated carbocycles. The molecule has 2 N–H and O–H groups in total. The molecule has 168 valence electrons. The molecule has 3 aromatic rings. The third kappa shape index (κ3) is 6.24. The van der Waals surface area contributed by atoms with E-state index in [4.69, 9.17) is 0 Å². The fraction of sp³-hybridized carbons (Fsp3) is 0.259. The normalized spacial score (nSPS) is 13.4. The van der Waals surface area contributed by atoms with Gasteiger partial charge in [-0.2, -0.15) is 13.2 Å². The largest absolute Gasteiger partial charge is 0.416 e. The van der Waals surface area contributed by atoms with Crippen LogP contribution in [0.3, 0.4) is 0 Å². The van der Waals surface area contributed by atoms with E-state index in [0.717, 1.165) is 40.9 Å². The van der Waals surface area contributed by atoms with Crippen LogP contribution < -0.4 is 10.6 Å². The van der Waals surface area contributed by atoms with Crippen LogP contribution in [0.2, 0.25) is 0 Å². The monoisotopic (exact) mass is 438 g/mol. The van der Waals surface area contributed by atoms with Crippen LogP contribution >= 0.6 is 0 Å². The van der Waals surface area contributed by atoms with E-state index in [9.17, 15) is 13.2 Å². The van der Waals surface area contributed by atoms with Crippen molar-refractivity contribution in [1.29, 1.82) is 0 Å². The SMILES string of the molecule is C=C(NC)[C@@H](N[C@@H](CCc1ccc(C(F)(F)F)cc1)c1ccc(C)cc1)c1ccccc1. The fourth-order valence-corrected chi connectivity index (χ4v) is 3.71. The van der Waals surface area contributed by atoms with E-state index in [-0.39, 0.29) is 12.1 Å². The van der Waals surface area contributed by atoms with Crippen LogP contribution in [0.15, 0.2) is 91.1 Å². The molecule has 0 radical (unpaired) electrons. The number of likely N-dealkylation sites (N-methyl/N-ethyl adjacent to an activating group) is 1. The van der Waals surface area contributed by atoms with Crippen LogP contribution in [0.1, 0.15) is 46.3 Å². The zero-order valence-electron chi connectivity index (χ0n) is 18.4. The minimum atomic E-state index is -4.32. The highest BCUT2D eigenvalue weighted by atomic mass is 19.4. The van der Waals surface area contributed by atoms with Crippen LogP contribution in [0, 0.1) is 6.92 Å². The number of aryl methyl sites for hydroxylation is 2. The maximum atomic E-state index is 12.9. The molecule has 0 amide bonds. The van der Waals surface area contributed by atoms with E-state index in [0.29, 0.717) is 6.42 Å². The Kier molecular flexibility index (Phi) is 7.75. The van der Waals surface area contributed by atoms with Crippen molar-refractivity contribution in [3.8, 4) is 0 Å². The Labute approximate surface area is 188 Å². The predicted octanol–water partition coefficient (Wildman–Crippen LogP) is 6.75. The molecule has 2 atom stereocenters. The van der Waals surface area contributed by atoms with Gasteiger partial charge in [0, 0.05) is 18.8 Å². The summed E-state index contributed by atoms with van der Waals surface area (Å²) < 4.78 is 38.6. The van der Waals surface area contributed by atoms with Crippen molar-refractivity contribution in [3.05, 3.63) is 119 Å². The Hall–Kier alpha value is -3.05. The van der Waals surface area contributed by atoms with Gasteiger partial charge in [0.15, 0.2) is 0 Å². The smallest absolute Gasteiger partial charge is 0.390 e. The lowest BCUT2D eigenvalue weighted by Gasteiger charge is -2.28. The number of nitrogens with one attached hydrogen (secondary N) is 2. The highest BCUT2D eigenvalue weighted by molar-refractivity contribution is 5.30. The Bertz CT molecular complexity index is 994. The lowest BCUT2D eigenvalue weighted by atomic mass is 9.95. The van der Waals surface area contributed by atoms with Gasteiger partial charge in [-0.3, -0.25) is 5.32 Å². The summed E-state index contributed by atoms with van der Waals surface area (Å²) in [4.78, 5) is 0. The summed E-state index contributed by atoms with van der Waals surface area (Å²) in [6, 6.07) is 23.8. The van der Waals surface area contributed by atoms with E-state index in [1.807, 2.05) is 32.2 Å². The van der Waals surface area contributed by atoms with Crippen molar-refractivity contribution in [1.82, 2.24) is 10.6 Å². The summed E-state index contributed by atoms with van der Waals surface area (Å²) >= 11 is 0. The number of alkyl halides is 3. The van der Waals surface area contributed by atoms with Gasteiger partial charge < -0.3 is 5.32 Å². The molecule has 5 heteroatoms. The van der Waals surface area contributed by atoms with Crippen molar-refractivity contribution < 1.29 is 13.2 Å². The molecule has 0 aliphatic rings. The molecule has 0 fully saturated rings. The molecule has 0 aromatic heterocycles. The number of hydrogen-bond donors (Lipinski definition) is 2. The molecule has 0 saturated heterocycles. The van der Waals surface area contributed by atoms with Crippen LogP contribution in [-0.2, 0) is 12.6 Å². The Balaban J connectivity index is 1.83. The molecule has 3 aromatic carbocycles. The number of hydrogen-bond acceptors (Lipinski definition) is 2. The summed E-state index contributed by atoms with van der Waals surface area (Å²) in [5.41, 5.74) is 4.51. The lowest BCUT2D eigenvalue weighted by Crippen LogP contribution is -2.31. The quantitative estimate of drug-likeness (QED) is 0.386. The lowest BCUT2D eigenvalue weighted by molar-refractivity contribution is -0.137. The number of halogens is 3. The first-order chi connectivity index (χ1) is 15.3. The van der Waals surface area contributed by atoms with E-state index >= 15 is 0 Å². The number of rotatable bonds is 9.